The Labute approximate surface area is 195 Å². The topological polar surface area (TPSA) is 97.2 Å². The van der Waals surface area contributed by atoms with Gasteiger partial charge >= 0.3 is 0 Å². The Morgan fingerprint density at radius 3 is 2.85 bits per heavy atom. The Morgan fingerprint density at radius 2 is 2.09 bits per heavy atom. The number of amides is 1. The number of aromatic nitrogens is 4. The van der Waals surface area contributed by atoms with Crippen LogP contribution in [0.3, 0.4) is 0 Å². The van der Waals surface area contributed by atoms with Crippen LogP contribution in [0.4, 0.5) is 21.7 Å². The lowest BCUT2D eigenvalue weighted by Gasteiger charge is -2.15. The lowest BCUT2D eigenvalue weighted by molar-refractivity contribution is -0.111. The van der Waals surface area contributed by atoms with E-state index in [1.165, 1.54) is 18.2 Å². The fourth-order valence-electron chi connectivity index (χ4n) is 3.17. The molecule has 0 spiro atoms. The number of ether oxygens (including phenoxy) is 1. The second-order valence-corrected chi connectivity index (χ2v) is 7.68. The average molecular weight is 462 g/mol. The summed E-state index contributed by atoms with van der Waals surface area (Å²) in [5.74, 6) is 0.135. The van der Waals surface area contributed by atoms with E-state index in [0.29, 0.717) is 46.5 Å². The van der Waals surface area contributed by atoms with Crippen molar-refractivity contribution in [2.75, 3.05) is 37.9 Å². The highest BCUT2D eigenvalue weighted by Crippen LogP contribution is 2.29. The van der Waals surface area contributed by atoms with E-state index in [2.05, 4.69) is 32.2 Å². The van der Waals surface area contributed by atoms with Gasteiger partial charge in [0.1, 0.15) is 30.0 Å². The molecule has 1 amide bonds. The maximum absolute atomic E-state index is 13.7. The van der Waals surface area contributed by atoms with Gasteiger partial charge in [0.15, 0.2) is 5.65 Å². The number of nitrogens with one attached hydrogen (secondary N) is 2. The van der Waals surface area contributed by atoms with Crippen molar-refractivity contribution in [3.8, 4) is 11.4 Å². The molecule has 0 saturated carbocycles. The predicted octanol–water partition coefficient (Wildman–Crippen LogP) is 3.76. The quantitative estimate of drug-likeness (QED) is 0.366. The number of hydrogen-bond acceptors (Lipinski definition) is 7. The van der Waals surface area contributed by atoms with Crippen LogP contribution < -0.4 is 15.4 Å². The van der Waals surface area contributed by atoms with E-state index in [0.717, 1.165) is 6.54 Å². The number of benzene rings is 2. The third kappa shape index (κ3) is 5.36. The molecule has 2 N–H and O–H groups in total. The largest absolute Gasteiger partial charge is 0.490 e. The van der Waals surface area contributed by atoms with Crippen LogP contribution in [0.1, 0.15) is 0 Å². The van der Waals surface area contributed by atoms with Crippen LogP contribution in [0.25, 0.3) is 16.9 Å². The normalized spacial score (nSPS) is 10.9. The Morgan fingerprint density at radius 1 is 1.24 bits per heavy atom. The number of nitrogens with zero attached hydrogens (tertiary/aromatic N) is 5. The van der Waals surface area contributed by atoms with Gasteiger partial charge in [-0.15, -0.1) is 0 Å². The molecule has 0 aliphatic heterocycles. The van der Waals surface area contributed by atoms with Crippen molar-refractivity contribution in [2.45, 2.75) is 0 Å². The van der Waals surface area contributed by atoms with Gasteiger partial charge in [0.25, 0.3) is 0 Å². The Balaban J connectivity index is 1.61. The molecule has 0 saturated heterocycles. The van der Waals surface area contributed by atoms with Gasteiger partial charge in [0.05, 0.1) is 17.6 Å². The van der Waals surface area contributed by atoms with E-state index in [9.17, 15) is 9.18 Å². The monoisotopic (exact) mass is 461 g/mol. The number of likely N-dealkylation sites (N-methyl/N-ethyl adjacent to an activating group) is 1. The predicted molar refractivity (Wildman–Crippen MR) is 129 cm³/mol. The summed E-state index contributed by atoms with van der Waals surface area (Å²) in [7, 11) is 3.90. The van der Waals surface area contributed by atoms with E-state index in [1.807, 2.05) is 19.0 Å². The fraction of sp³-hybridized carbons (Fsp3) is 0.167. The number of rotatable bonds is 9. The average Bonchev–Trinajstić information content (AvgIpc) is 3.23. The van der Waals surface area contributed by atoms with Gasteiger partial charge in [-0.25, -0.2) is 14.4 Å². The van der Waals surface area contributed by atoms with Gasteiger partial charge in [-0.3, -0.25) is 9.36 Å². The molecule has 2 heterocycles. The maximum Gasteiger partial charge on any atom is 0.247 e. The lowest BCUT2D eigenvalue weighted by Crippen LogP contribution is -2.20. The van der Waals surface area contributed by atoms with Crippen molar-refractivity contribution < 1.29 is 13.9 Å². The molecule has 0 atom stereocenters. The van der Waals surface area contributed by atoms with Gasteiger partial charge in [-0.1, -0.05) is 12.6 Å². The maximum atomic E-state index is 13.7. The zero-order chi connectivity index (χ0) is 24.1. The van der Waals surface area contributed by atoms with Crippen molar-refractivity contribution in [1.82, 2.24) is 24.4 Å². The highest BCUT2D eigenvalue weighted by molar-refractivity contribution is 6.00. The molecule has 2 aromatic carbocycles. The van der Waals surface area contributed by atoms with Crippen molar-refractivity contribution in [3.05, 3.63) is 73.5 Å². The summed E-state index contributed by atoms with van der Waals surface area (Å²) in [4.78, 5) is 27.1. The number of halogens is 1. The molecule has 0 bridgehead atoms. The van der Waals surface area contributed by atoms with Gasteiger partial charge in [-0.05, 0) is 56.6 Å². The van der Waals surface area contributed by atoms with Gasteiger partial charge in [0, 0.05) is 12.2 Å². The van der Waals surface area contributed by atoms with E-state index >= 15 is 0 Å². The van der Waals surface area contributed by atoms with Crippen molar-refractivity contribution >= 4 is 34.4 Å². The molecule has 4 rings (SSSR count). The summed E-state index contributed by atoms with van der Waals surface area (Å²) in [6, 6.07) is 11.4. The zero-order valence-electron chi connectivity index (χ0n) is 18.8. The highest BCUT2D eigenvalue weighted by atomic mass is 19.1. The van der Waals surface area contributed by atoms with Crippen molar-refractivity contribution in [2.24, 2.45) is 0 Å². The number of carbonyl (C=O) groups excluding carboxylic acids is 1. The molecule has 174 valence electrons. The van der Waals surface area contributed by atoms with E-state index in [4.69, 9.17) is 4.74 Å². The van der Waals surface area contributed by atoms with E-state index in [-0.39, 0.29) is 11.7 Å². The van der Waals surface area contributed by atoms with Crippen LogP contribution >= 0.6 is 0 Å². The van der Waals surface area contributed by atoms with E-state index < -0.39 is 0 Å². The number of anilines is 3. The third-order valence-electron chi connectivity index (χ3n) is 4.85. The molecule has 0 fully saturated rings. The van der Waals surface area contributed by atoms with E-state index in [1.54, 1.807) is 47.4 Å². The minimum atomic E-state index is -0.355. The molecule has 0 aliphatic carbocycles. The van der Waals surface area contributed by atoms with Gasteiger partial charge < -0.3 is 20.3 Å². The first-order valence-corrected chi connectivity index (χ1v) is 10.5. The summed E-state index contributed by atoms with van der Waals surface area (Å²) >= 11 is 0. The van der Waals surface area contributed by atoms with Crippen LogP contribution in [0.5, 0.6) is 5.75 Å². The molecular formula is C24H24FN7O2. The lowest BCUT2D eigenvalue weighted by atomic mass is 10.2. The first kappa shape index (κ1) is 22.9. The summed E-state index contributed by atoms with van der Waals surface area (Å²) in [5, 5.41) is 5.89. The Hall–Kier alpha value is -4.31. The summed E-state index contributed by atoms with van der Waals surface area (Å²) in [5.41, 5.74) is 2.81. The van der Waals surface area contributed by atoms with Gasteiger partial charge in [0.2, 0.25) is 11.9 Å². The number of hydrogen-bond donors (Lipinski definition) is 2. The Bertz CT molecular complexity index is 1340. The molecule has 10 heteroatoms. The molecule has 4 aromatic rings. The minimum Gasteiger partial charge on any atom is -0.490 e. The second kappa shape index (κ2) is 10.1. The first-order chi connectivity index (χ1) is 16.4. The van der Waals surface area contributed by atoms with Crippen LogP contribution in [0, 0.1) is 5.82 Å². The van der Waals surface area contributed by atoms with Crippen molar-refractivity contribution in [1.29, 1.82) is 0 Å². The molecular weight excluding hydrogens is 437 g/mol. The molecule has 0 radical (unpaired) electrons. The SMILES string of the molecule is C=CC(=O)Nc1cc(Nc2ncc3ncn(-c4cccc(F)c4)c3n2)ccc1OCCN(C)C. The van der Waals surface area contributed by atoms with Gasteiger partial charge in [-0.2, -0.15) is 4.98 Å². The number of fused-ring (bicyclic) bond motifs is 1. The van der Waals surface area contributed by atoms with Crippen LogP contribution in [-0.4, -0.2) is 57.6 Å². The Kier molecular flexibility index (Phi) is 6.79. The minimum absolute atomic E-state index is 0.313. The molecule has 0 unspecified atom stereocenters. The molecule has 34 heavy (non-hydrogen) atoms. The number of carbonyl (C=O) groups is 1. The van der Waals surface area contributed by atoms with Crippen LogP contribution in [-0.2, 0) is 4.79 Å². The third-order valence-corrected chi connectivity index (χ3v) is 4.85. The van der Waals surface area contributed by atoms with Crippen LogP contribution in [0.2, 0.25) is 0 Å². The summed E-state index contributed by atoms with van der Waals surface area (Å²) in [6.07, 6.45) is 4.34. The summed E-state index contributed by atoms with van der Waals surface area (Å²) < 4.78 is 21.2. The highest BCUT2D eigenvalue weighted by Gasteiger charge is 2.12. The zero-order valence-corrected chi connectivity index (χ0v) is 18.8. The smallest absolute Gasteiger partial charge is 0.247 e. The fourth-order valence-corrected chi connectivity index (χ4v) is 3.17. The first-order valence-electron chi connectivity index (χ1n) is 10.5. The second-order valence-electron chi connectivity index (χ2n) is 7.68. The van der Waals surface area contributed by atoms with Crippen molar-refractivity contribution in [3.63, 3.8) is 0 Å². The van der Waals surface area contributed by atoms with Crippen LogP contribution in [0.15, 0.2) is 67.6 Å². The molecule has 9 nitrogen and oxygen atoms in total. The summed E-state index contributed by atoms with van der Waals surface area (Å²) in [6.45, 7) is 4.68. The molecule has 0 aliphatic rings. The standard InChI is InChI=1S/C24H24FN7O2/c1-4-22(33)29-19-13-17(8-9-21(19)34-11-10-31(2)3)28-24-26-14-20-23(30-24)32(15-27-20)18-7-5-6-16(25)12-18/h4-9,12-15H,1,10-11H2,2-3H3,(H,29,33)(H,26,28,30). The molecule has 2 aromatic heterocycles. The number of imidazole rings is 1.